The average molecular weight is 296 g/mol. The van der Waals surface area contributed by atoms with Gasteiger partial charge in [0.05, 0.1) is 17.6 Å². The first-order valence-electron chi connectivity index (χ1n) is 6.83. The number of hydrogen-bond acceptors (Lipinski definition) is 5. The van der Waals surface area contributed by atoms with E-state index in [1.165, 1.54) is 13.0 Å². The molecule has 1 fully saturated rings. The van der Waals surface area contributed by atoms with Crippen molar-refractivity contribution >= 4 is 17.3 Å². The summed E-state index contributed by atoms with van der Waals surface area (Å²) in [6.45, 7) is 4.02. The van der Waals surface area contributed by atoms with Gasteiger partial charge < -0.3 is 9.64 Å². The fourth-order valence-corrected chi connectivity index (χ4v) is 2.57. The topological polar surface area (TPSA) is 72.7 Å². The molecular formula is C14H17FN2O4. The number of ether oxygens (including phenoxy) is 1. The molecule has 2 rings (SSSR count). The number of esters is 1. The average Bonchev–Trinajstić information content (AvgIpc) is 2.90. The fraction of sp³-hybridized carbons (Fsp3) is 0.500. The number of hydrogen-bond donors (Lipinski definition) is 0. The van der Waals surface area contributed by atoms with Gasteiger partial charge >= 0.3 is 5.97 Å². The Morgan fingerprint density at radius 3 is 2.90 bits per heavy atom. The quantitative estimate of drug-likeness (QED) is 0.485. The van der Waals surface area contributed by atoms with Crippen LogP contribution in [0.15, 0.2) is 12.1 Å². The standard InChI is InChI=1S/C14H17FN2O4/c1-3-21-14(18)11-5-4-6-16(11)12-7-9(2)10(15)8-13(12)17(19)20/h7-8,11H,3-6H2,1-2H3. The minimum Gasteiger partial charge on any atom is -0.464 e. The summed E-state index contributed by atoms with van der Waals surface area (Å²) in [6.07, 6.45) is 1.31. The van der Waals surface area contributed by atoms with Gasteiger partial charge in [-0.2, -0.15) is 0 Å². The number of carbonyl (C=O) groups excluding carboxylic acids is 1. The molecule has 0 radical (unpaired) electrons. The molecule has 1 unspecified atom stereocenters. The van der Waals surface area contributed by atoms with Gasteiger partial charge in [-0.25, -0.2) is 9.18 Å². The number of nitrogens with zero attached hydrogens (tertiary/aromatic N) is 2. The first kappa shape index (κ1) is 15.2. The van der Waals surface area contributed by atoms with E-state index in [9.17, 15) is 19.3 Å². The molecule has 1 aromatic rings. The maximum absolute atomic E-state index is 13.6. The number of halogens is 1. The maximum atomic E-state index is 13.6. The van der Waals surface area contributed by atoms with E-state index in [0.29, 0.717) is 18.5 Å². The van der Waals surface area contributed by atoms with Crippen LogP contribution in [0.5, 0.6) is 0 Å². The highest BCUT2D eigenvalue weighted by Crippen LogP contribution is 2.35. The van der Waals surface area contributed by atoms with Crippen LogP contribution in [-0.2, 0) is 9.53 Å². The minimum absolute atomic E-state index is 0.258. The number of nitro groups is 1. The molecule has 1 aliphatic rings. The van der Waals surface area contributed by atoms with Crippen molar-refractivity contribution in [1.29, 1.82) is 0 Å². The van der Waals surface area contributed by atoms with E-state index in [4.69, 9.17) is 4.74 Å². The third-order valence-electron chi connectivity index (χ3n) is 3.57. The molecule has 1 saturated heterocycles. The van der Waals surface area contributed by atoms with Crippen molar-refractivity contribution in [2.75, 3.05) is 18.1 Å². The second-order valence-corrected chi connectivity index (χ2v) is 4.95. The molecule has 1 atom stereocenters. The van der Waals surface area contributed by atoms with E-state index in [2.05, 4.69) is 0 Å². The van der Waals surface area contributed by atoms with Crippen LogP contribution in [-0.4, -0.2) is 30.1 Å². The molecule has 1 aliphatic heterocycles. The van der Waals surface area contributed by atoms with Crippen molar-refractivity contribution in [3.63, 3.8) is 0 Å². The summed E-state index contributed by atoms with van der Waals surface area (Å²) >= 11 is 0. The highest BCUT2D eigenvalue weighted by Gasteiger charge is 2.35. The number of benzene rings is 1. The molecule has 0 aromatic heterocycles. The molecule has 6 nitrogen and oxygen atoms in total. The van der Waals surface area contributed by atoms with Gasteiger partial charge in [-0.15, -0.1) is 0 Å². The lowest BCUT2D eigenvalue weighted by atomic mass is 10.1. The molecule has 7 heteroatoms. The second kappa shape index (κ2) is 6.07. The largest absolute Gasteiger partial charge is 0.464 e. The third kappa shape index (κ3) is 2.96. The Balaban J connectivity index is 2.42. The SMILES string of the molecule is CCOC(=O)C1CCCN1c1cc(C)c(F)cc1[N+](=O)[O-]. The number of carbonyl (C=O) groups is 1. The molecule has 0 amide bonds. The molecule has 0 spiro atoms. The van der Waals surface area contributed by atoms with Crippen molar-refractivity contribution < 1.29 is 18.8 Å². The van der Waals surface area contributed by atoms with Crippen LogP contribution in [0.4, 0.5) is 15.8 Å². The van der Waals surface area contributed by atoms with Crippen LogP contribution in [0.1, 0.15) is 25.3 Å². The third-order valence-corrected chi connectivity index (χ3v) is 3.57. The summed E-state index contributed by atoms with van der Waals surface area (Å²) < 4.78 is 18.6. The van der Waals surface area contributed by atoms with E-state index >= 15 is 0 Å². The van der Waals surface area contributed by atoms with Crippen LogP contribution in [0.3, 0.4) is 0 Å². The van der Waals surface area contributed by atoms with Crippen LogP contribution in [0, 0.1) is 22.9 Å². The zero-order valence-electron chi connectivity index (χ0n) is 12.0. The predicted octanol–water partition coefficient (Wildman–Crippen LogP) is 2.57. The van der Waals surface area contributed by atoms with Crippen molar-refractivity contribution in [2.24, 2.45) is 0 Å². The molecule has 1 aromatic carbocycles. The molecule has 114 valence electrons. The normalized spacial score (nSPS) is 17.9. The lowest BCUT2D eigenvalue weighted by Gasteiger charge is -2.25. The van der Waals surface area contributed by atoms with E-state index in [-0.39, 0.29) is 18.0 Å². The maximum Gasteiger partial charge on any atom is 0.328 e. The Morgan fingerprint density at radius 1 is 1.57 bits per heavy atom. The van der Waals surface area contributed by atoms with Crippen molar-refractivity contribution in [3.8, 4) is 0 Å². The number of rotatable bonds is 4. The van der Waals surface area contributed by atoms with Gasteiger partial charge in [0.2, 0.25) is 0 Å². The molecule has 0 N–H and O–H groups in total. The highest BCUT2D eigenvalue weighted by atomic mass is 19.1. The van der Waals surface area contributed by atoms with Gasteiger partial charge in [0.15, 0.2) is 0 Å². The Morgan fingerprint density at radius 2 is 2.29 bits per heavy atom. The number of aryl methyl sites for hydroxylation is 1. The van der Waals surface area contributed by atoms with Crippen molar-refractivity contribution in [1.82, 2.24) is 0 Å². The van der Waals surface area contributed by atoms with Gasteiger partial charge in [-0.05, 0) is 38.3 Å². The smallest absolute Gasteiger partial charge is 0.328 e. The Bertz CT molecular complexity index is 576. The van der Waals surface area contributed by atoms with Gasteiger partial charge in [-0.1, -0.05) is 0 Å². The summed E-state index contributed by atoms with van der Waals surface area (Å²) in [5, 5.41) is 11.1. The minimum atomic E-state index is -0.627. The monoisotopic (exact) mass is 296 g/mol. The summed E-state index contributed by atoms with van der Waals surface area (Å²) in [4.78, 5) is 24.1. The Kier molecular flexibility index (Phi) is 4.40. The Hall–Kier alpha value is -2.18. The summed E-state index contributed by atoms with van der Waals surface area (Å²) in [7, 11) is 0. The van der Waals surface area contributed by atoms with Gasteiger partial charge in [0, 0.05) is 6.54 Å². The molecule has 1 heterocycles. The van der Waals surface area contributed by atoms with E-state index < -0.39 is 22.8 Å². The first-order valence-corrected chi connectivity index (χ1v) is 6.83. The molecule has 0 saturated carbocycles. The number of anilines is 1. The van der Waals surface area contributed by atoms with E-state index in [1.807, 2.05) is 0 Å². The van der Waals surface area contributed by atoms with Crippen molar-refractivity contribution in [3.05, 3.63) is 33.6 Å². The van der Waals surface area contributed by atoms with Crippen LogP contribution in [0.2, 0.25) is 0 Å². The summed E-state index contributed by atoms with van der Waals surface area (Å²) in [6, 6.07) is 1.78. The van der Waals surface area contributed by atoms with Gasteiger partial charge in [0.1, 0.15) is 17.5 Å². The molecule has 21 heavy (non-hydrogen) atoms. The zero-order chi connectivity index (χ0) is 15.6. The lowest BCUT2D eigenvalue weighted by molar-refractivity contribution is -0.384. The fourth-order valence-electron chi connectivity index (χ4n) is 2.57. The van der Waals surface area contributed by atoms with Crippen molar-refractivity contribution in [2.45, 2.75) is 32.7 Å². The molecule has 0 aliphatic carbocycles. The lowest BCUT2D eigenvalue weighted by Crippen LogP contribution is -2.37. The zero-order valence-corrected chi connectivity index (χ0v) is 12.0. The first-order chi connectivity index (χ1) is 9.95. The van der Waals surface area contributed by atoms with Crippen LogP contribution in [0.25, 0.3) is 0 Å². The second-order valence-electron chi connectivity index (χ2n) is 4.95. The van der Waals surface area contributed by atoms with Gasteiger partial charge in [-0.3, -0.25) is 10.1 Å². The molecule has 0 bridgehead atoms. The number of nitro benzene ring substituents is 1. The summed E-state index contributed by atoms with van der Waals surface area (Å²) in [5.41, 5.74) is 0.258. The van der Waals surface area contributed by atoms with Gasteiger partial charge in [0.25, 0.3) is 5.69 Å². The van der Waals surface area contributed by atoms with Crippen LogP contribution < -0.4 is 4.90 Å². The van der Waals surface area contributed by atoms with E-state index in [1.54, 1.807) is 11.8 Å². The molecular weight excluding hydrogens is 279 g/mol. The van der Waals surface area contributed by atoms with E-state index in [0.717, 1.165) is 12.5 Å². The van der Waals surface area contributed by atoms with Crippen LogP contribution >= 0.6 is 0 Å². The Labute approximate surface area is 121 Å². The highest BCUT2D eigenvalue weighted by molar-refractivity contribution is 5.82. The predicted molar refractivity (Wildman–Crippen MR) is 74.8 cm³/mol. The summed E-state index contributed by atoms with van der Waals surface area (Å²) in [5.74, 6) is -1.02.